The number of amides is 1. The van der Waals surface area contributed by atoms with Gasteiger partial charge in [0.05, 0.1) is 24.2 Å². The Morgan fingerprint density at radius 1 is 1.11 bits per heavy atom. The lowest BCUT2D eigenvalue weighted by molar-refractivity contribution is 0.0981. The molecule has 0 aliphatic heterocycles. The first kappa shape index (κ1) is 21.2. The van der Waals surface area contributed by atoms with Gasteiger partial charge in [-0.2, -0.15) is 0 Å². The Balaban J connectivity index is 2.02. The van der Waals surface area contributed by atoms with Gasteiger partial charge >= 0.3 is 6.16 Å². The summed E-state index contributed by atoms with van der Waals surface area (Å²) >= 11 is 0. The molecule has 28 heavy (non-hydrogen) atoms. The first-order valence-corrected chi connectivity index (χ1v) is 9.86. The summed E-state index contributed by atoms with van der Waals surface area (Å²) in [5, 5.41) is 0. The predicted molar refractivity (Wildman–Crippen MR) is 98.8 cm³/mol. The van der Waals surface area contributed by atoms with Crippen molar-refractivity contribution in [3.8, 4) is 11.6 Å². The molecule has 2 aromatic rings. The number of carbonyl (C=O) groups is 2. The summed E-state index contributed by atoms with van der Waals surface area (Å²) in [7, 11) is -2.93. The van der Waals surface area contributed by atoms with E-state index in [1.54, 1.807) is 0 Å². The third-order valence-electron chi connectivity index (χ3n) is 3.48. The highest BCUT2D eigenvalue weighted by Gasteiger charge is 2.19. The summed E-state index contributed by atoms with van der Waals surface area (Å²) in [6.45, 7) is 2.58. The molecule has 1 N–H and O–H groups in total. The van der Waals surface area contributed by atoms with Crippen LogP contribution < -0.4 is 14.2 Å². The topological polar surface area (TPSA) is 121 Å². The summed E-state index contributed by atoms with van der Waals surface area (Å²) in [5.74, 6) is -0.422. The zero-order valence-corrected chi connectivity index (χ0v) is 16.2. The molecule has 1 amide bonds. The third kappa shape index (κ3) is 5.95. The molecule has 0 saturated heterocycles. The van der Waals surface area contributed by atoms with Crippen LogP contribution in [0.15, 0.2) is 47.5 Å². The Hall–Kier alpha value is -3.14. The molecule has 0 spiro atoms. The minimum Gasteiger partial charge on any atom is -0.494 e. The van der Waals surface area contributed by atoms with E-state index in [1.165, 1.54) is 36.4 Å². The number of methoxy groups -OCH3 is 1. The van der Waals surface area contributed by atoms with Crippen LogP contribution in [0.3, 0.4) is 0 Å². The van der Waals surface area contributed by atoms with Gasteiger partial charge in [-0.05, 0) is 36.8 Å². The molecule has 1 aromatic carbocycles. The quantitative estimate of drug-likeness (QED) is 0.522. The number of hydrogen-bond acceptors (Lipinski definition) is 8. The molecule has 0 aliphatic carbocycles. The average Bonchev–Trinajstić information content (AvgIpc) is 2.68. The minimum atomic E-state index is -4.07. The first-order chi connectivity index (χ1) is 13.4. The zero-order valence-electron chi connectivity index (χ0n) is 15.4. The molecule has 0 aliphatic rings. The minimum absolute atomic E-state index is 0.0275. The first-order valence-electron chi connectivity index (χ1n) is 8.37. The molecule has 0 fully saturated rings. The number of sulfonamides is 1. The second kappa shape index (κ2) is 9.70. The lowest BCUT2D eigenvalue weighted by Crippen LogP contribution is -2.30. The molecule has 0 saturated carbocycles. The second-order valence-electron chi connectivity index (χ2n) is 5.55. The van der Waals surface area contributed by atoms with Crippen molar-refractivity contribution in [1.29, 1.82) is 0 Å². The summed E-state index contributed by atoms with van der Waals surface area (Å²) in [6, 6.07) is 8.25. The molecule has 0 atom stereocenters. The molecular weight excluding hydrogens is 388 g/mol. The van der Waals surface area contributed by atoms with Crippen molar-refractivity contribution in [3.63, 3.8) is 0 Å². The number of pyridine rings is 1. The van der Waals surface area contributed by atoms with Crippen molar-refractivity contribution in [3.05, 3.63) is 48.2 Å². The van der Waals surface area contributed by atoms with Crippen LogP contribution in [-0.4, -0.2) is 39.2 Å². The van der Waals surface area contributed by atoms with Crippen LogP contribution in [0.2, 0.25) is 0 Å². The fourth-order valence-corrected chi connectivity index (χ4v) is 2.97. The fourth-order valence-electron chi connectivity index (χ4n) is 1.99. The third-order valence-corrected chi connectivity index (χ3v) is 4.83. The normalized spacial score (nSPS) is 10.8. The maximum atomic E-state index is 12.4. The SMILES string of the molecule is CCCCOc1ccc(S(=O)(=O)NC(=O)c2ccc(OC(=O)OC)nc2)cc1. The lowest BCUT2D eigenvalue weighted by atomic mass is 10.3. The maximum absolute atomic E-state index is 12.4. The number of hydrogen-bond donors (Lipinski definition) is 1. The Kier molecular flexibility index (Phi) is 7.33. The van der Waals surface area contributed by atoms with Gasteiger partial charge in [0.2, 0.25) is 5.88 Å². The van der Waals surface area contributed by atoms with E-state index < -0.39 is 22.1 Å². The molecule has 0 radical (unpaired) electrons. The van der Waals surface area contributed by atoms with Crippen LogP contribution in [0.5, 0.6) is 11.6 Å². The van der Waals surface area contributed by atoms with Crippen molar-refractivity contribution in [2.75, 3.05) is 13.7 Å². The standard InChI is InChI=1S/C18H20N2O7S/c1-3-4-11-26-14-6-8-15(9-7-14)28(23,24)20-17(21)13-5-10-16(19-12-13)27-18(22)25-2/h5-10,12H,3-4,11H2,1-2H3,(H,20,21). The summed E-state index contributed by atoms with van der Waals surface area (Å²) in [5.41, 5.74) is -0.0275. The summed E-state index contributed by atoms with van der Waals surface area (Å²) in [6.07, 6.45) is 2.00. The Morgan fingerprint density at radius 2 is 1.82 bits per heavy atom. The number of aromatic nitrogens is 1. The highest BCUT2D eigenvalue weighted by atomic mass is 32.2. The zero-order chi connectivity index (χ0) is 20.6. The molecule has 1 aromatic heterocycles. The Labute approximate surface area is 162 Å². The van der Waals surface area contributed by atoms with Gasteiger partial charge < -0.3 is 14.2 Å². The Bertz CT molecular complexity index is 910. The number of ether oxygens (including phenoxy) is 3. The summed E-state index contributed by atoms with van der Waals surface area (Å²) in [4.78, 5) is 26.8. The van der Waals surface area contributed by atoms with Crippen molar-refractivity contribution >= 4 is 22.1 Å². The molecule has 150 valence electrons. The number of nitrogens with one attached hydrogen (secondary N) is 1. The number of unbranched alkanes of at least 4 members (excludes halogenated alkanes) is 1. The van der Waals surface area contributed by atoms with Crippen molar-refractivity contribution in [2.24, 2.45) is 0 Å². The second-order valence-corrected chi connectivity index (χ2v) is 7.23. The van der Waals surface area contributed by atoms with E-state index >= 15 is 0 Å². The summed E-state index contributed by atoms with van der Waals surface area (Å²) < 4.78 is 41.1. The largest absolute Gasteiger partial charge is 0.514 e. The molecule has 1 heterocycles. The lowest BCUT2D eigenvalue weighted by Gasteiger charge is -2.09. The van der Waals surface area contributed by atoms with E-state index in [2.05, 4.69) is 14.5 Å². The predicted octanol–water partition coefficient (Wildman–Crippen LogP) is 2.52. The van der Waals surface area contributed by atoms with Gasteiger partial charge in [-0.15, -0.1) is 0 Å². The number of rotatable bonds is 8. The maximum Gasteiger partial charge on any atom is 0.514 e. The molecule has 0 bridgehead atoms. The highest BCUT2D eigenvalue weighted by molar-refractivity contribution is 7.90. The molecule has 10 heteroatoms. The van der Waals surface area contributed by atoms with Gasteiger partial charge in [0, 0.05) is 12.3 Å². The van der Waals surface area contributed by atoms with Gasteiger partial charge in [-0.3, -0.25) is 4.79 Å². The van der Waals surface area contributed by atoms with Crippen LogP contribution in [-0.2, 0) is 14.8 Å². The van der Waals surface area contributed by atoms with E-state index in [0.717, 1.165) is 26.1 Å². The van der Waals surface area contributed by atoms with Crippen LogP contribution in [0.25, 0.3) is 0 Å². The monoisotopic (exact) mass is 408 g/mol. The number of benzene rings is 1. The number of nitrogens with zero attached hydrogens (tertiary/aromatic N) is 1. The van der Waals surface area contributed by atoms with E-state index in [0.29, 0.717) is 12.4 Å². The van der Waals surface area contributed by atoms with Crippen molar-refractivity contribution in [1.82, 2.24) is 9.71 Å². The van der Waals surface area contributed by atoms with Crippen molar-refractivity contribution in [2.45, 2.75) is 24.7 Å². The molecule has 9 nitrogen and oxygen atoms in total. The van der Waals surface area contributed by atoms with Gasteiger partial charge in [-0.1, -0.05) is 13.3 Å². The van der Waals surface area contributed by atoms with Crippen LogP contribution in [0.1, 0.15) is 30.1 Å². The van der Waals surface area contributed by atoms with Gasteiger partial charge in [0.1, 0.15) is 5.75 Å². The molecule has 0 unspecified atom stereocenters. The van der Waals surface area contributed by atoms with E-state index in [9.17, 15) is 18.0 Å². The fraction of sp³-hybridized carbons (Fsp3) is 0.278. The van der Waals surface area contributed by atoms with Gasteiger partial charge in [0.25, 0.3) is 15.9 Å². The van der Waals surface area contributed by atoms with Gasteiger partial charge in [0.15, 0.2) is 0 Å². The molecule has 2 rings (SSSR count). The van der Waals surface area contributed by atoms with Gasteiger partial charge in [-0.25, -0.2) is 22.9 Å². The average molecular weight is 408 g/mol. The Morgan fingerprint density at radius 3 is 2.39 bits per heavy atom. The van der Waals surface area contributed by atoms with E-state index in [4.69, 9.17) is 4.74 Å². The van der Waals surface area contributed by atoms with Crippen LogP contribution in [0, 0.1) is 0 Å². The van der Waals surface area contributed by atoms with Crippen molar-refractivity contribution < 1.29 is 32.2 Å². The molecular formula is C18H20N2O7S. The highest BCUT2D eigenvalue weighted by Crippen LogP contribution is 2.17. The van der Waals surface area contributed by atoms with Crippen LogP contribution in [0.4, 0.5) is 4.79 Å². The smallest absolute Gasteiger partial charge is 0.494 e. The number of carbonyl (C=O) groups excluding carboxylic acids is 2. The van der Waals surface area contributed by atoms with Crippen LogP contribution >= 0.6 is 0 Å². The van der Waals surface area contributed by atoms with E-state index in [-0.39, 0.29) is 16.3 Å². The van der Waals surface area contributed by atoms with E-state index in [1.807, 2.05) is 11.6 Å².